The van der Waals surface area contributed by atoms with E-state index in [9.17, 15) is 4.79 Å². The quantitative estimate of drug-likeness (QED) is 0.208. The lowest BCUT2D eigenvalue weighted by Crippen LogP contribution is -2.49. The lowest BCUT2D eigenvalue weighted by atomic mass is 10.0. The lowest BCUT2D eigenvalue weighted by Gasteiger charge is -2.34. The number of amides is 1. The summed E-state index contributed by atoms with van der Waals surface area (Å²) in [5.41, 5.74) is 14.7. The van der Waals surface area contributed by atoms with E-state index < -0.39 is 11.7 Å². The zero-order chi connectivity index (χ0) is 29.5. The van der Waals surface area contributed by atoms with Gasteiger partial charge < -0.3 is 10.7 Å². The van der Waals surface area contributed by atoms with E-state index in [1.54, 1.807) is 45.8 Å². The van der Waals surface area contributed by atoms with Crippen LogP contribution in [-0.4, -0.2) is 46.6 Å². The van der Waals surface area contributed by atoms with Crippen molar-refractivity contribution in [3.05, 3.63) is 77.3 Å². The first-order chi connectivity index (χ1) is 21.0. The van der Waals surface area contributed by atoms with Gasteiger partial charge in [-0.3, -0.25) is 20.1 Å². The van der Waals surface area contributed by atoms with Crippen molar-refractivity contribution in [1.29, 1.82) is 0 Å². The maximum absolute atomic E-state index is 15.8. The highest BCUT2D eigenvalue weighted by atomic mass is 32.1. The first-order valence-corrected chi connectivity index (χ1v) is 15.3. The van der Waals surface area contributed by atoms with Crippen LogP contribution < -0.4 is 37.1 Å². The van der Waals surface area contributed by atoms with Crippen LogP contribution in [0.4, 0.5) is 27.4 Å². The van der Waals surface area contributed by atoms with Crippen LogP contribution in [0.1, 0.15) is 41.9 Å². The van der Waals surface area contributed by atoms with Gasteiger partial charge in [-0.2, -0.15) is 0 Å². The number of carbonyl (C=O) groups is 1. The maximum Gasteiger partial charge on any atom is 0.262 e. The lowest BCUT2D eigenvalue weighted by molar-refractivity contribution is 0.0968. The molecular weight excluding hydrogens is 567 g/mol. The van der Waals surface area contributed by atoms with Gasteiger partial charge in [-0.25, -0.2) is 19.4 Å². The Balaban J connectivity index is 1.24. The zero-order valence-corrected chi connectivity index (χ0v) is 24.7. The normalized spacial score (nSPS) is 18.0. The Kier molecular flexibility index (Phi) is 7.31. The van der Waals surface area contributed by atoms with E-state index in [2.05, 4.69) is 58.3 Å². The molecule has 3 aromatic heterocycles. The minimum Gasteiger partial charge on any atom is -0.315 e. The Morgan fingerprint density at radius 3 is 2.86 bits per heavy atom. The topological polar surface area (TPSA) is 113 Å². The summed E-state index contributed by atoms with van der Waals surface area (Å²) in [6.07, 6.45) is 7.16. The van der Waals surface area contributed by atoms with Crippen molar-refractivity contribution in [2.75, 3.05) is 35.0 Å². The number of hydrazine groups is 4. The SMILES string of the molecule is CC(C)CN1C=C(c2cc3c(N(C(=O)c4ccc(N5NNc6cccnc65)cc4F)[C@@H]4CCCNC4)nccc3s2)NN1. The van der Waals surface area contributed by atoms with E-state index in [0.717, 1.165) is 52.3 Å². The molecule has 0 unspecified atom stereocenters. The van der Waals surface area contributed by atoms with E-state index in [1.165, 1.54) is 6.07 Å². The van der Waals surface area contributed by atoms with Crippen LogP contribution >= 0.6 is 11.3 Å². The monoisotopic (exact) mass is 600 g/mol. The van der Waals surface area contributed by atoms with Gasteiger partial charge in [-0.1, -0.05) is 13.8 Å². The van der Waals surface area contributed by atoms with Gasteiger partial charge in [0.25, 0.3) is 5.91 Å². The minimum absolute atomic E-state index is 0.00863. The van der Waals surface area contributed by atoms with Crippen molar-refractivity contribution in [1.82, 2.24) is 36.8 Å². The molecule has 5 N–H and O–H groups in total. The highest BCUT2D eigenvalue weighted by Gasteiger charge is 2.33. The molecule has 1 amide bonds. The molecule has 4 aromatic rings. The van der Waals surface area contributed by atoms with Crippen molar-refractivity contribution in [2.24, 2.45) is 5.92 Å². The number of anilines is 4. The molecule has 11 nitrogen and oxygen atoms in total. The molecule has 0 aliphatic carbocycles. The number of hydrogen-bond acceptors (Lipinski definition) is 11. The predicted octanol–water partition coefficient (Wildman–Crippen LogP) is 4.49. The fraction of sp³-hybridized carbons (Fsp3) is 0.300. The molecule has 222 valence electrons. The van der Waals surface area contributed by atoms with Crippen LogP contribution in [0.3, 0.4) is 0 Å². The molecule has 6 heterocycles. The van der Waals surface area contributed by atoms with Gasteiger partial charge in [-0.05, 0) is 67.8 Å². The molecular formula is C30H33FN10OS. The summed E-state index contributed by atoms with van der Waals surface area (Å²) in [6.45, 7) is 6.69. The summed E-state index contributed by atoms with van der Waals surface area (Å²) in [4.78, 5) is 26.1. The summed E-state index contributed by atoms with van der Waals surface area (Å²) in [5, 5.41) is 7.94. The molecule has 7 rings (SSSR count). The molecule has 13 heteroatoms. The number of benzene rings is 1. The van der Waals surface area contributed by atoms with Crippen molar-refractivity contribution >= 4 is 56.0 Å². The first kappa shape index (κ1) is 27.5. The average molecular weight is 601 g/mol. The number of pyridine rings is 2. The molecule has 0 radical (unpaired) electrons. The number of hydrogen-bond donors (Lipinski definition) is 5. The predicted molar refractivity (Wildman–Crippen MR) is 168 cm³/mol. The van der Waals surface area contributed by atoms with Gasteiger partial charge in [0.1, 0.15) is 11.6 Å². The smallest absolute Gasteiger partial charge is 0.262 e. The third-order valence-electron chi connectivity index (χ3n) is 7.70. The zero-order valence-electron chi connectivity index (χ0n) is 23.9. The number of rotatable bonds is 7. The van der Waals surface area contributed by atoms with Crippen molar-refractivity contribution in [3.8, 4) is 0 Å². The van der Waals surface area contributed by atoms with E-state index in [4.69, 9.17) is 4.98 Å². The Bertz CT molecular complexity index is 1700. The summed E-state index contributed by atoms with van der Waals surface area (Å²) in [6, 6.07) is 12.2. The van der Waals surface area contributed by atoms with Crippen LogP contribution in [0.5, 0.6) is 0 Å². The van der Waals surface area contributed by atoms with Gasteiger partial charge >= 0.3 is 0 Å². The van der Waals surface area contributed by atoms with Crippen molar-refractivity contribution in [2.45, 2.75) is 32.7 Å². The number of aromatic nitrogens is 2. The van der Waals surface area contributed by atoms with Gasteiger partial charge in [0, 0.05) is 41.8 Å². The van der Waals surface area contributed by atoms with E-state index >= 15 is 4.39 Å². The molecule has 1 aromatic carbocycles. The van der Waals surface area contributed by atoms with Crippen LogP contribution in [0, 0.1) is 11.7 Å². The van der Waals surface area contributed by atoms with E-state index in [-0.39, 0.29) is 11.6 Å². The van der Waals surface area contributed by atoms with Crippen LogP contribution in [0.2, 0.25) is 0 Å². The Morgan fingerprint density at radius 1 is 1.14 bits per heavy atom. The van der Waals surface area contributed by atoms with Crippen molar-refractivity contribution in [3.63, 3.8) is 0 Å². The highest BCUT2D eigenvalue weighted by molar-refractivity contribution is 7.20. The Labute approximate surface area is 252 Å². The third-order valence-corrected chi connectivity index (χ3v) is 8.83. The Hall–Kier alpha value is -4.30. The fourth-order valence-corrected chi connectivity index (χ4v) is 6.72. The molecule has 0 bridgehead atoms. The third kappa shape index (κ3) is 5.25. The maximum atomic E-state index is 15.8. The van der Waals surface area contributed by atoms with Crippen LogP contribution in [0.25, 0.3) is 15.8 Å². The number of halogens is 1. The van der Waals surface area contributed by atoms with Gasteiger partial charge in [0.2, 0.25) is 0 Å². The first-order valence-electron chi connectivity index (χ1n) is 14.5. The second-order valence-electron chi connectivity index (χ2n) is 11.3. The summed E-state index contributed by atoms with van der Waals surface area (Å²) in [7, 11) is 0. The number of fused-ring (bicyclic) bond motifs is 2. The van der Waals surface area contributed by atoms with Gasteiger partial charge in [-0.15, -0.1) is 22.4 Å². The summed E-state index contributed by atoms with van der Waals surface area (Å²) in [5.74, 6) is 0.625. The standard InChI is InChI=1S/C30H33FN10OS/c1-18(2)16-39-17-25(36-37-39)27-14-22-26(43-27)9-12-34-28(22)40(20-5-3-10-32-15-20)30(42)21-8-7-19(13-23(21)31)41-29-24(35-38-41)6-4-11-33-29/h4,6-9,11-14,17-18,20,32,35-38H,3,5,10,15-16H2,1-2H3/t20-/m1/s1. The molecule has 0 spiro atoms. The largest absolute Gasteiger partial charge is 0.315 e. The van der Waals surface area contributed by atoms with Crippen LogP contribution in [-0.2, 0) is 0 Å². The molecule has 1 atom stereocenters. The molecule has 3 aliphatic heterocycles. The van der Waals surface area contributed by atoms with Crippen molar-refractivity contribution < 1.29 is 9.18 Å². The molecule has 1 fully saturated rings. The van der Waals surface area contributed by atoms with Crippen LogP contribution in [0.15, 0.2) is 61.1 Å². The second-order valence-corrected chi connectivity index (χ2v) is 12.4. The van der Waals surface area contributed by atoms with Gasteiger partial charge in [0.05, 0.1) is 33.6 Å². The highest BCUT2D eigenvalue weighted by Crippen LogP contribution is 2.38. The Morgan fingerprint density at radius 2 is 2.05 bits per heavy atom. The molecule has 43 heavy (non-hydrogen) atoms. The number of thiophene rings is 1. The fourth-order valence-electron chi connectivity index (χ4n) is 5.71. The summed E-state index contributed by atoms with van der Waals surface area (Å²) >= 11 is 1.63. The average Bonchev–Trinajstić information content (AvgIpc) is 3.76. The van der Waals surface area contributed by atoms with E-state index in [0.29, 0.717) is 29.8 Å². The number of nitrogens with zero attached hydrogens (tertiary/aromatic N) is 5. The minimum atomic E-state index is -0.614. The number of nitrogens with one attached hydrogen (secondary N) is 5. The molecule has 0 saturated carbocycles. The molecule has 1 saturated heterocycles. The summed E-state index contributed by atoms with van der Waals surface area (Å²) < 4.78 is 16.8. The van der Waals surface area contributed by atoms with Gasteiger partial charge in [0.15, 0.2) is 5.82 Å². The molecule has 3 aliphatic rings. The second kappa shape index (κ2) is 11.4. The number of piperidine rings is 1. The van der Waals surface area contributed by atoms with E-state index in [1.807, 2.05) is 23.2 Å². The number of carbonyl (C=O) groups excluding carboxylic acids is 1.